The van der Waals surface area contributed by atoms with Crippen molar-refractivity contribution in [2.24, 2.45) is 0 Å². The molecule has 2 amide bonds. The van der Waals surface area contributed by atoms with Crippen LogP contribution in [0.15, 0.2) is 54.6 Å². The largest absolute Gasteiger partial charge is 0.324 e. The van der Waals surface area contributed by atoms with E-state index in [-0.39, 0.29) is 11.8 Å². The molecular weight excluding hydrogens is 422 g/mol. The molecule has 7 nitrogen and oxygen atoms in total. The van der Waals surface area contributed by atoms with Gasteiger partial charge in [-0.15, -0.1) is 11.8 Å². The number of aryl methyl sites for hydroxylation is 2. The number of benzene rings is 2. The van der Waals surface area contributed by atoms with Gasteiger partial charge in [0.2, 0.25) is 5.91 Å². The second kappa shape index (κ2) is 9.28. The molecule has 3 aromatic rings. The molecule has 32 heavy (non-hydrogen) atoms. The fourth-order valence-corrected chi connectivity index (χ4v) is 4.79. The first-order valence-corrected chi connectivity index (χ1v) is 11.4. The summed E-state index contributed by atoms with van der Waals surface area (Å²) in [5, 5.41) is 16.2. The minimum absolute atomic E-state index is 0.160. The van der Waals surface area contributed by atoms with Gasteiger partial charge in [0.05, 0.1) is 29.7 Å². The van der Waals surface area contributed by atoms with E-state index >= 15 is 0 Å². The van der Waals surface area contributed by atoms with Crippen LogP contribution in [0.25, 0.3) is 0 Å². The van der Waals surface area contributed by atoms with Crippen LogP contribution in [0.2, 0.25) is 0 Å². The van der Waals surface area contributed by atoms with Crippen molar-refractivity contribution in [1.82, 2.24) is 14.7 Å². The molecule has 1 atom stereocenters. The lowest BCUT2D eigenvalue weighted by atomic mass is 10.1. The predicted octanol–water partition coefficient (Wildman–Crippen LogP) is 3.57. The maximum atomic E-state index is 13.1. The van der Waals surface area contributed by atoms with Crippen LogP contribution in [-0.2, 0) is 11.3 Å². The lowest BCUT2D eigenvalue weighted by molar-refractivity contribution is -0.119. The van der Waals surface area contributed by atoms with Crippen molar-refractivity contribution in [2.45, 2.75) is 26.4 Å². The van der Waals surface area contributed by atoms with Crippen molar-refractivity contribution in [3.8, 4) is 6.07 Å². The monoisotopic (exact) mass is 445 g/mol. The number of anilines is 1. The summed E-state index contributed by atoms with van der Waals surface area (Å²) < 4.78 is 1.94. The smallest absolute Gasteiger partial charge is 0.255 e. The van der Waals surface area contributed by atoms with Gasteiger partial charge in [-0.25, -0.2) is 0 Å². The molecule has 162 valence electrons. The number of thioether (sulfide) groups is 1. The normalized spacial score (nSPS) is 15.4. The van der Waals surface area contributed by atoms with Crippen molar-refractivity contribution >= 4 is 29.3 Å². The van der Waals surface area contributed by atoms with E-state index in [1.807, 2.05) is 48.9 Å². The molecular formula is C24H23N5O2S. The number of hydrogen-bond acceptors (Lipinski definition) is 5. The predicted molar refractivity (Wildman–Crippen MR) is 124 cm³/mol. The van der Waals surface area contributed by atoms with Crippen molar-refractivity contribution < 1.29 is 9.59 Å². The molecule has 1 unspecified atom stereocenters. The van der Waals surface area contributed by atoms with Gasteiger partial charge in [-0.3, -0.25) is 14.3 Å². The molecule has 8 heteroatoms. The molecule has 1 aromatic heterocycles. The zero-order valence-corrected chi connectivity index (χ0v) is 18.7. The summed E-state index contributed by atoms with van der Waals surface area (Å²) >= 11 is 1.56. The minimum atomic E-state index is -0.544. The van der Waals surface area contributed by atoms with Crippen molar-refractivity contribution in [1.29, 1.82) is 5.26 Å². The molecule has 1 N–H and O–H groups in total. The Labute approximate surface area is 191 Å². The topological polar surface area (TPSA) is 91.0 Å². The van der Waals surface area contributed by atoms with Crippen molar-refractivity contribution in [2.75, 3.05) is 16.9 Å². The van der Waals surface area contributed by atoms with Crippen LogP contribution in [0.5, 0.6) is 0 Å². The summed E-state index contributed by atoms with van der Waals surface area (Å²) in [7, 11) is 0. The number of nitriles is 1. The highest BCUT2D eigenvalue weighted by Gasteiger charge is 2.35. The number of aromatic nitrogens is 2. The second-order valence-corrected chi connectivity index (χ2v) is 8.75. The van der Waals surface area contributed by atoms with Gasteiger partial charge in [-0.05, 0) is 61.9 Å². The van der Waals surface area contributed by atoms with Crippen LogP contribution < -0.4 is 5.32 Å². The highest BCUT2D eigenvalue weighted by atomic mass is 32.2. The third-order valence-corrected chi connectivity index (χ3v) is 6.38. The Morgan fingerprint density at radius 3 is 2.50 bits per heavy atom. The molecule has 0 aliphatic carbocycles. The molecule has 0 radical (unpaired) electrons. The van der Waals surface area contributed by atoms with E-state index in [9.17, 15) is 9.59 Å². The lowest BCUT2D eigenvalue weighted by Gasteiger charge is -2.23. The quantitative estimate of drug-likeness (QED) is 0.648. The highest BCUT2D eigenvalue weighted by Crippen LogP contribution is 2.25. The van der Waals surface area contributed by atoms with Crippen LogP contribution in [0.3, 0.4) is 0 Å². The molecule has 1 fully saturated rings. The Morgan fingerprint density at radius 2 is 1.88 bits per heavy atom. The number of rotatable bonds is 5. The van der Waals surface area contributed by atoms with Gasteiger partial charge in [0, 0.05) is 22.7 Å². The van der Waals surface area contributed by atoms with E-state index < -0.39 is 6.04 Å². The van der Waals surface area contributed by atoms with Gasteiger partial charge in [-0.1, -0.05) is 12.1 Å². The molecule has 1 saturated heterocycles. The van der Waals surface area contributed by atoms with Crippen LogP contribution >= 0.6 is 11.8 Å². The number of nitrogens with zero attached hydrogens (tertiary/aromatic N) is 4. The summed E-state index contributed by atoms with van der Waals surface area (Å²) in [6, 6.07) is 17.7. The molecule has 2 aromatic carbocycles. The Balaban J connectivity index is 1.42. The van der Waals surface area contributed by atoms with E-state index in [0.717, 1.165) is 17.0 Å². The van der Waals surface area contributed by atoms with Crippen LogP contribution in [0.4, 0.5) is 5.69 Å². The number of hydrogen-bond donors (Lipinski definition) is 1. The van der Waals surface area contributed by atoms with Crippen molar-refractivity contribution in [3.05, 3.63) is 82.7 Å². The lowest BCUT2D eigenvalue weighted by Crippen LogP contribution is -2.44. The van der Waals surface area contributed by atoms with Crippen molar-refractivity contribution in [3.63, 3.8) is 0 Å². The third-order valence-electron chi connectivity index (χ3n) is 5.36. The second-order valence-electron chi connectivity index (χ2n) is 7.75. The van der Waals surface area contributed by atoms with Gasteiger partial charge in [0.15, 0.2) is 0 Å². The average molecular weight is 446 g/mol. The first-order valence-electron chi connectivity index (χ1n) is 10.2. The molecule has 2 heterocycles. The van der Waals surface area contributed by atoms with E-state index in [1.165, 1.54) is 0 Å². The van der Waals surface area contributed by atoms with Gasteiger partial charge in [-0.2, -0.15) is 10.4 Å². The van der Waals surface area contributed by atoms with Crippen LogP contribution in [0.1, 0.15) is 32.9 Å². The number of nitrogens with one attached hydrogen (secondary N) is 1. The standard InChI is InChI=1S/C24H23N5O2S/c1-16-11-17(2)29(27-16)13-19-3-7-20(8-4-19)24(31)28-15-32-14-22(28)23(30)26-21-9-5-18(12-25)6-10-21/h3-11,22H,13-15H2,1-2H3,(H,26,30). The number of carbonyl (C=O) groups is 2. The minimum Gasteiger partial charge on any atom is -0.324 e. The summed E-state index contributed by atoms with van der Waals surface area (Å²) in [5.41, 5.74) is 4.81. The van der Waals surface area contributed by atoms with Gasteiger partial charge < -0.3 is 10.2 Å². The third kappa shape index (κ3) is 4.68. The number of carbonyl (C=O) groups excluding carboxylic acids is 2. The van der Waals surface area contributed by atoms with Gasteiger partial charge >= 0.3 is 0 Å². The zero-order valence-electron chi connectivity index (χ0n) is 17.9. The number of amides is 2. The average Bonchev–Trinajstić information content (AvgIpc) is 3.40. The maximum Gasteiger partial charge on any atom is 0.255 e. The van der Waals surface area contributed by atoms with Crippen LogP contribution in [-0.4, -0.2) is 44.2 Å². The Morgan fingerprint density at radius 1 is 1.16 bits per heavy atom. The first-order chi connectivity index (χ1) is 15.4. The zero-order chi connectivity index (χ0) is 22.7. The Bertz CT molecular complexity index is 1180. The molecule has 4 rings (SSSR count). The van der Waals surface area contributed by atoms with E-state index in [1.54, 1.807) is 40.9 Å². The summed E-state index contributed by atoms with van der Waals surface area (Å²) in [6.07, 6.45) is 0. The van der Waals surface area contributed by atoms with E-state index in [0.29, 0.717) is 35.0 Å². The van der Waals surface area contributed by atoms with E-state index in [4.69, 9.17) is 5.26 Å². The fourth-order valence-electron chi connectivity index (χ4n) is 3.64. The first kappa shape index (κ1) is 21.7. The SMILES string of the molecule is Cc1cc(C)n(Cc2ccc(C(=O)N3CSCC3C(=O)Nc3ccc(C#N)cc3)cc2)n1. The highest BCUT2D eigenvalue weighted by molar-refractivity contribution is 7.99. The summed E-state index contributed by atoms with van der Waals surface area (Å²) in [6.45, 7) is 4.63. The Kier molecular flexibility index (Phi) is 6.28. The molecule has 0 bridgehead atoms. The maximum absolute atomic E-state index is 13.1. The molecule has 1 aliphatic heterocycles. The summed E-state index contributed by atoms with van der Waals surface area (Å²) in [4.78, 5) is 27.5. The molecule has 0 saturated carbocycles. The molecule has 1 aliphatic rings. The molecule has 0 spiro atoms. The van der Waals surface area contributed by atoms with Gasteiger partial charge in [0.25, 0.3) is 5.91 Å². The Hall–Kier alpha value is -3.57. The fraction of sp³-hybridized carbons (Fsp3) is 0.250. The van der Waals surface area contributed by atoms with E-state index in [2.05, 4.69) is 16.5 Å². The van der Waals surface area contributed by atoms with Gasteiger partial charge in [0.1, 0.15) is 6.04 Å². The van der Waals surface area contributed by atoms with Crippen LogP contribution in [0, 0.1) is 25.2 Å². The summed E-state index contributed by atoms with van der Waals surface area (Å²) in [5.74, 6) is 0.628.